The largest absolute Gasteiger partial charge is 0.387 e. The van der Waals surface area contributed by atoms with Crippen LogP contribution in [0.2, 0.25) is 0 Å². The highest BCUT2D eigenvalue weighted by Crippen LogP contribution is 2.20. The van der Waals surface area contributed by atoms with Crippen LogP contribution in [0.5, 0.6) is 0 Å². The third-order valence-electron chi connectivity index (χ3n) is 3.69. The Hall–Kier alpha value is -1.10. The van der Waals surface area contributed by atoms with Gasteiger partial charge in [0.25, 0.3) is 0 Å². The average molecular weight is 249 g/mol. The molecule has 0 amide bonds. The van der Waals surface area contributed by atoms with E-state index in [0.717, 1.165) is 38.3 Å². The summed E-state index contributed by atoms with van der Waals surface area (Å²) in [6, 6.07) is 8.10. The highest BCUT2D eigenvalue weighted by atomic mass is 16.3. The van der Waals surface area contributed by atoms with E-state index in [1.807, 2.05) is 12.1 Å². The number of piperazine rings is 1. The first-order valence-electron chi connectivity index (χ1n) is 6.70. The van der Waals surface area contributed by atoms with Gasteiger partial charge in [-0.05, 0) is 24.2 Å². The topological polar surface area (TPSA) is 52.7 Å². The highest BCUT2D eigenvalue weighted by molar-refractivity contribution is 5.48. The Morgan fingerprint density at radius 3 is 2.28 bits per heavy atom. The van der Waals surface area contributed by atoms with Crippen molar-refractivity contribution >= 4 is 5.69 Å². The van der Waals surface area contributed by atoms with Crippen LogP contribution in [-0.2, 0) is 0 Å². The summed E-state index contributed by atoms with van der Waals surface area (Å²) in [5.74, 6) is 0. The number of nitrogens with zero attached hydrogens (tertiary/aromatic N) is 2. The van der Waals surface area contributed by atoms with Crippen LogP contribution in [0.3, 0.4) is 0 Å². The van der Waals surface area contributed by atoms with Crippen LogP contribution < -0.4 is 10.6 Å². The van der Waals surface area contributed by atoms with Crippen LogP contribution in [0.1, 0.15) is 18.6 Å². The maximum Gasteiger partial charge on any atom is 0.0912 e. The first-order chi connectivity index (χ1) is 8.74. The normalized spacial score (nSPS) is 18.9. The number of hydrogen-bond donors (Lipinski definition) is 2. The van der Waals surface area contributed by atoms with Gasteiger partial charge in [0.1, 0.15) is 0 Å². The lowest BCUT2D eigenvalue weighted by atomic mass is 10.1. The first-order valence-corrected chi connectivity index (χ1v) is 6.70. The van der Waals surface area contributed by atoms with E-state index in [0.29, 0.717) is 0 Å². The second-order valence-corrected chi connectivity index (χ2v) is 4.76. The molecule has 0 aliphatic carbocycles. The molecule has 1 heterocycles. The van der Waals surface area contributed by atoms with E-state index in [-0.39, 0.29) is 6.54 Å². The maximum absolute atomic E-state index is 9.65. The molecule has 0 saturated carbocycles. The second kappa shape index (κ2) is 6.18. The van der Waals surface area contributed by atoms with Gasteiger partial charge in [-0.15, -0.1) is 0 Å². The highest BCUT2D eigenvalue weighted by Gasteiger charge is 2.15. The number of hydrogen-bond acceptors (Lipinski definition) is 4. The van der Waals surface area contributed by atoms with Crippen LogP contribution in [0.25, 0.3) is 0 Å². The van der Waals surface area contributed by atoms with Crippen molar-refractivity contribution < 1.29 is 5.11 Å². The number of rotatable bonds is 4. The molecule has 2 rings (SSSR count). The molecule has 0 aromatic heterocycles. The van der Waals surface area contributed by atoms with Crippen molar-refractivity contribution in [2.24, 2.45) is 5.73 Å². The van der Waals surface area contributed by atoms with Gasteiger partial charge >= 0.3 is 0 Å². The fourth-order valence-corrected chi connectivity index (χ4v) is 2.37. The summed E-state index contributed by atoms with van der Waals surface area (Å²) >= 11 is 0. The SMILES string of the molecule is CCN1CCN(c2ccc(C(O)CN)cc2)CC1. The van der Waals surface area contributed by atoms with Gasteiger partial charge in [-0.2, -0.15) is 0 Å². The quantitative estimate of drug-likeness (QED) is 0.829. The summed E-state index contributed by atoms with van der Waals surface area (Å²) in [6.07, 6.45) is -0.545. The molecule has 1 aromatic rings. The summed E-state index contributed by atoms with van der Waals surface area (Å²) in [6.45, 7) is 8.02. The number of anilines is 1. The lowest BCUT2D eigenvalue weighted by Crippen LogP contribution is -2.46. The van der Waals surface area contributed by atoms with E-state index in [4.69, 9.17) is 5.73 Å². The van der Waals surface area contributed by atoms with Crippen molar-refractivity contribution in [2.45, 2.75) is 13.0 Å². The molecule has 3 N–H and O–H groups in total. The predicted octanol–water partition coefficient (Wildman–Crippen LogP) is 0.821. The van der Waals surface area contributed by atoms with Crippen LogP contribution in [0.4, 0.5) is 5.69 Å². The fourth-order valence-electron chi connectivity index (χ4n) is 2.37. The summed E-state index contributed by atoms with van der Waals surface area (Å²) in [4.78, 5) is 4.85. The average Bonchev–Trinajstić information content (AvgIpc) is 2.47. The minimum atomic E-state index is -0.545. The van der Waals surface area contributed by atoms with Gasteiger partial charge in [-0.3, -0.25) is 0 Å². The predicted molar refractivity (Wildman–Crippen MR) is 74.8 cm³/mol. The summed E-state index contributed by atoms with van der Waals surface area (Å²) in [5.41, 5.74) is 7.58. The van der Waals surface area contributed by atoms with Gasteiger partial charge in [0, 0.05) is 38.4 Å². The summed E-state index contributed by atoms with van der Waals surface area (Å²) in [7, 11) is 0. The fraction of sp³-hybridized carbons (Fsp3) is 0.571. The molecule has 1 unspecified atom stereocenters. The number of likely N-dealkylation sites (N-methyl/N-ethyl adjacent to an activating group) is 1. The second-order valence-electron chi connectivity index (χ2n) is 4.76. The summed E-state index contributed by atoms with van der Waals surface area (Å²) < 4.78 is 0. The van der Waals surface area contributed by atoms with Gasteiger partial charge in [-0.25, -0.2) is 0 Å². The van der Waals surface area contributed by atoms with Crippen molar-refractivity contribution in [2.75, 3.05) is 44.2 Å². The Morgan fingerprint density at radius 1 is 1.17 bits per heavy atom. The van der Waals surface area contributed by atoms with Crippen molar-refractivity contribution in [3.63, 3.8) is 0 Å². The van der Waals surface area contributed by atoms with Crippen molar-refractivity contribution in [1.82, 2.24) is 4.90 Å². The molecule has 4 nitrogen and oxygen atoms in total. The zero-order valence-electron chi connectivity index (χ0n) is 11.0. The Morgan fingerprint density at radius 2 is 1.78 bits per heavy atom. The minimum absolute atomic E-state index is 0.272. The molecule has 100 valence electrons. The standard InChI is InChI=1S/C14H23N3O/c1-2-16-7-9-17(10-8-16)13-5-3-12(4-6-13)14(18)11-15/h3-6,14,18H,2,7-11,15H2,1H3. The van der Waals surface area contributed by atoms with E-state index >= 15 is 0 Å². The van der Waals surface area contributed by atoms with Gasteiger partial charge in [0.05, 0.1) is 6.10 Å². The molecule has 1 aliphatic heterocycles. The molecular formula is C14H23N3O. The number of aliphatic hydroxyl groups excluding tert-OH is 1. The maximum atomic E-state index is 9.65. The zero-order valence-corrected chi connectivity index (χ0v) is 11.0. The van der Waals surface area contributed by atoms with Gasteiger partial charge in [0.2, 0.25) is 0 Å². The molecule has 1 aliphatic rings. The van der Waals surface area contributed by atoms with Crippen molar-refractivity contribution in [3.8, 4) is 0 Å². The number of aliphatic hydroxyl groups is 1. The van der Waals surface area contributed by atoms with Crippen LogP contribution in [-0.4, -0.2) is 49.3 Å². The van der Waals surface area contributed by atoms with E-state index in [1.54, 1.807) is 0 Å². The molecule has 1 aromatic carbocycles. The van der Waals surface area contributed by atoms with Crippen LogP contribution >= 0.6 is 0 Å². The van der Waals surface area contributed by atoms with Crippen molar-refractivity contribution in [3.05, 3.63) is 29.8 Å². The molecule has 1 atom stereocenters. The monoisotopic (exact) mass is 249 g/mol. The summed E-state index contributed by atoms with van der Waals surface area (Å²) in [5, 5.41) is 9.65. The van der Waals surface area contributed by atoms with Gasteiger partial charge in [-0.1, -0.05) is 19.1 Å². The third kappa shape index (κ3) is 3.02. The minimum Gasteiger partial charge on any atom is -0.387 e. The Balaban J connectivity index is 1.98. The number of nitrogens with two attached hydrogens (primary N) is 1. The molecule has 0 radical (unpaired) electrons. The Kier molecular flexibility index (Phi) is 4.58. The van der Waals surface area contributed by atoms with Crippen molar-refractivity contribution in [1.29, 1.82) is 0 Å². The molecule has 1 saturated heterocycles. The van der Waals surface area contributed by atoms with Gasteiger partial charge < -0.3 is 20.6 Å². The Labute approximate surface area is 109 Å². The first kappa shape index (κ1) is 13.3. The molecule has 18 heavy (non-hydrogen) atoms. The lowest BCUT2D eigenvalue weighted by molar-refractivity contribution is 0.187. The molecule has 4 heteroatoms. The smallest absolute Gasteiger partial charge is 0.0912 e. The Bertz CT molecular complexity index is 358. The molecule has 0 bridgehead atoms. The van der Waals surface area contributed by atoms with E-state index in [9.17, 15) is 5.11 Å². The van der Waals surface area contributed by atoms with Crippen LogP contribution in [0.15, 0.2) is 24.3 Å². The number of benzene rings is 1. The van der Waals surface area contributed by atoms with Gasteiger partial charge in [0.15, 0.2) is 0 Å². The zero-order chi connectivity index (χ0) is 13.0. The van der Waals surface area contributed by atoms with E-state index in [2.05, 4.69) is 28.9 Å². The van der Waals surface area contributed by atoms with Crippen LogP contribution in [0, 0.1) is 0 Å². The molecule has 0 spiro atoms. The van der Waals surface area contributed by atoms with E-state index in [1.165, 1.54) is 5.69 Å². The van der Waals surface area contributed by atoms with E-state index < -0.39 is 6.10 Å². The molecule has 1 fully saturated rings. The third-order valence-corrected chi connectivity index (χ3v) is 3.69. The molecular weight excluding hydrogens is 226 g/mol. The lowest BCUT2D eigenvalue weighted by Gasteiger charge is -2.35.